The summed E-state index contributed by atoms with van der Waals surface area (Å²) in [5.74, 6) is 0. The van der Waals surface area contributed by atoms with Crippen molar-refractivity contribution < 1.29 is 17.4 Å². The smallest absolute Gasteiger partial charge is 0.275 e. The van der Waals surface area contributed by atoms with E-state index in [0.29, 0.717) is 19.5 Å². The monoisotopic (exact) mass is 618 g/mol. The van der Waals surface area contributed by atoms with Crippen LogP contribution < -0.4 is 19.5 Å². The molecule has 4 rings (SSSR count). The van der Waals surface area contributed by atoms with Crippen LogP contribution in [-0.2, 0) is 31.6 Å². The molecule has 0 N–H and O–H groups in total. The minimum absolute atomic E-state index is 0.0946. The van der Waals surface area contributed by atoms with Gasteiger partial charge in [-0.15, -0.1) is 0 Å². The average molecular weight is 619 g/mol. The van der Waals surface area contributed by atoms with Crippen molar-refractivity contribution in [3.63, 3.8) is 0 Å². The van der Waals surface area contributed by atoms with Crippen LogP contribution in [0.1, 0.15) is 34.1 Å². The molecule has 0 fully saturated rings. The summed E-state index contributed by atoms with van der Waals surface area (Å²) in [6.45, 7) is 20.1. The first-order chi connectivity index (χ1) is 19.3. The largest absolute Gasteiger partial charge is 0.450 e. The number of benzene rings is 2. The van der Waals surface area contributed by atoms with E-state index in [9.17, 15) is 0 Å². The molecule has 0 bridgehead atoms. The molecule has 4 aromatic rings. The first-order valence-corrected chi connectivity index (χ1v) is 22.1. The lowest BCUT2D eigenvalue weighted by atomic mass is 10.4. The molecule has 0 aliphatic heterocycles. The Labute approximate surface area is 254 Å². The van der Waals surface area contributed by atoms with Gasteiger partial charge in [0.15, 0.2) is 0 Å². The summed E-state index contributed by atoms with van der Waals surface area (Å²) in [6.07, 6.45) is 14.2. The standard InChI is InChI=1S/C31H46N4O2Si4/c1-30(2,38-36-40(5,6)28-16-11-9-12-17-28)34-24-22-32(26-34)20-15-21-33-23-25-35(27-33)31(3,4)39-37-41(7,8)29-18-13-10-14-19-29/h9-14,16-19,22-27H,15,20-21H2,1-8H3/q+2. The zero-order valence-electron chi connectivity index (χ0n) is 26.0. The summed E-state index contributed by atoms with van der Waals surface area (Å²) >= 11 is 0. The summed E-state index contributed by atoms with van der Waals surface area (Å²) in [5.41, 5.74) is 0. The number of aryl methyl sites for hydroxylation is 2. The lowest BCUT2D eigenvalue weighted by Gasteiger charge is -2.28. The van der Waals surface area contributed by atoms with Gasteiger partial charge in [-0.1, -0.05) is 60.7 Å². The number of hydrogen-bond acceptors (Lipinski definition) is 2. The molecule has 0 unspecified atom stereocenters. The highest BCUT2D eigenvalue weighted by atomic mass is 28.4. The molecule has 6 nitrogen and oxygen atoms in total. The van der Waals surface area contributed by atoms with E-state index in [1.165, 1.54) is 10.4 Å². The van der Waals surface area contributed by atoms with Crippen molar-refractivity contribution in [3.05, 3.63) is 98.1 Å². The van der Waals surface area contributed by atoms with Crippen molar-refractivity contribution >= 4 is 46.5 Å². The zero-order valence-corrected chi connectivity index (χ0v) is 30.0. The van der Waals surface area contributed by atoms with Gasteiger partial charge in [0, 0.05) is 6.42 Å². The Balaban J connectivity index is 1.27. The maximum absolute atomic E-state index is 6.60. The van der Waals surface area contributed by atoms with Gasteiger partial charge in [0.25, 0.3) is 19.5 Å². The van der Waals surface area contributed by atoms with Crippen LogP contribution in [0.25, 0.3) is 0 Å². The van der Waals surface area contributed by atoms with Gasteiger partial charge in [0.1, 0.15) is 35.1 Å². The van der Waals surface area contributed by atoms with Gasteiger partial charge < -0.3 is 8.23 Å². The Morgan fingerprint density at radius 3 is 1.37 bits per heavy atom. The van der Waals surface area contributed by atoms with E-state index in [4.69, 9.17) is 8.23 Å². The molecule has 0 aliphatic carbocycles. The van der Waals surface area contributed by atoms with E-state index in [-0.39, 0.29) is 10.3 Å². The van der Waals surface area contributed by atoms with Gasteiger partial charge in [-0.05, 0) is 64.3 Å². The van der Waals surface area contributed by atoms with Crippen LogP contribution in [0.2, 0.25) is 26.2 Å². The van der Waals surface area contributed by atoms with Gasteiger partial charge in [0.2, 0.25) is 29.3 Å². The van der Waals surface area contributed by atoms with E-state index in [1.807, 2.05) is 0 Å². The third-order valence-electron chi connectivity index (χ3n) is 7.56. The number of hydrogen-bond donors (Lipinski definition) is 0. The lowest BCUT2D eigenvalue weighted by Crippen LogP contribution is -2.50. The van der Waals surface area contributed by atoms with Gasteiger partial charge in [-0.25, -0.2) is 18.3 Å². The summed E-state index contributed by atoms with van der Waals surface area (Å²) in [7, 11) is -3.09. The molecule has 4 radical (unpaired) electrons. The Kier molecular flexibility index (Phi) is 9.92. The number of rotatable bonds is 14. The third kappa shape index (κ3) is 8.36. The van der Waals surface area contributed by atoms with Gasteiger partial charge >= 0.3 is 0 Å². The first-order valence-electron chi connectivity index (χ1n) is 14.4. The quantitative estimate of drug-likeness (QED) is 0.159. The fraction of sp³-hybridized carbons (Fsp3) is 0.419. The van der Waals surface area contributed by atoms with Gasteiger partial charge in [-0.3, -0.25) is 0 Å². The van der Waals surface area contributed by atoms with Crippen molar-refractivity contribution in [2.75, 3.05) is 0 Å². The minimum Gasteiger partial charge on any atom is -0.450 e. The molecular weight excluding hydrogens is 573 g/mol. The fourth-order valence-corrected chi connectivity index (χ4v) is 12.0. The maximum atomic E-state index is 6.60. The van der Waals surface area contributed by atoms with E-state index in [2.05, 4.69) is 170 Å². The number of aromatic nitrogens is 4. The topological polar surface area (TPSA) is 36.1 Å². The summed E-state index contributed by atoms with van der Waals surface area (Å²) in [4.78, 5) is 0. The van der Waals surface area contributed by atoms with Crippen LogP contribution in [0, 0.1) is 0 Å². The molecule has 0 amide bonds. The summed E-state index contributed by atoms with van der Waals surface area (Å²) in [5, 5.41) is 2.49. The van der Waals surface area contributed by atoms with Crippen LogP contribution in [0.15, 0.2) is 98.1 Å². The highest BCUT2D eigenvalue weighted by Gasteiger charge is 2.35. The Morgan fingerprint density at radius 1 is 0.634 bits per heavy atom. The Bertz CT molecular complexity index is 1280. The molecule has 10 heteroatoms. The highest BCUT2D eigenvalue weighted by molar-refractivity contribution is 6.87. The Morgan fingerprint density at radius 2 is 1.00 bits per heavy atom. The van der Waals surface area contributed by atoms with Crippen LogP contribution in [-0.4, -0.2) is 45.3 Å². The zero-order chi connectivity index (χ0) is 29.7. The highest BCUT2D eigenvalue weighted by Crippen LogP contribution is 2.17. The fourth-order valence-electron chi connectivity index (χ4n) is 4.56. The average Bonchev–Trinajstić information content (AvgIpc) is 3.64. The third-order valence-corrected chi connectivity index (χ3v) is 17.4. The lowest BCUT2D eigenvalue weighted by molar-refractivity contribution is -0.726. The number of imidazole rings is 2. The molecule has 0 saturated heterocycles. The molecule has 2 heterocycles. The van der Waals surface area contributed by atoms with Crippen LogP contribution in [0.3, 0.4) is 0 Å². The summed E-state index contributed by atoms with van der Waals surface area (Å²) < 4.78 is 22.4. The predicted octanol–water partition coefficient (Wildman–Crippen LogP) is 3.84. The molecule has 41 heavy (non-hydrogen) atoms. The molecule has 216 valence electrons. The predicted molar refractivity (Wildman–Crippen MR) is 173 cm³/mol. The van der Waals surface area contributed by atoms with Crippen molar-refractivity contribution in [1.29, 1.82) is 0 Å². The van der Waals surface area contributed by atoms with Crippen LogP contribution in [0.5, 0.6) is 0 Å². The normalized spacial score (nSPS) is 13.1. The minimum atomic E-state index is -1.93. The molecular formula is C31H46N4O2Si4+2. The molecule has 0 aliphatic rings. The molecule has 0 saturated carbocycles. The molecule has 0 atom stereocenters. The molecule has 2 aromatic heterocycles. The number of nitrogens with zero attached hydrogens (tertiary/aromatic N) is 4. The van der Waals surface area contributed by atoms with E-state index in [0.717, 1.165) is 19.5 Å². The second-order valence-corrected chi connectivity index (χ2v) is 24.4. The van der Waals surface area contributed by atoms with Crippen molar-refractivity contribution in [3.8, 4) is 0 Å². The second kappa shape index (κ2) is 12.9. The van der Waals surface area contributed by atoms with Crippen molar-refractivity contribution in [2.24, 2.45) is 0 Å². The summed E-state index contributed by atoms with van der Waals surface area (Å²) in [6, 6.07) is 21.3. The molecule has 0 spiro atoms. The SMILES string of the molecule is CC(C)([Si]O[Si](C)(C)c1ccccc1)n1cc[n+](CCC[n+]2ccn(C(C)(C)[Si]O[Si](C)(C)c3ccccc3)c2)c1. The molecule has 2 aromatic carbocycles. The Hall–Kier alpha value is -2.35. The van der Waals surface area contributed by atoms with Crippen LogP contribution in [0.4, 0.5) is 0 Å². The van der Waals surface area contributed by atoms with Gasteiger partial charge in [0.05, 0.1) is 13.1 Å². The maximum Gasteiger partial charge on any atom is 0.275 e. The van der Waals surface area contributed by atoms with Gasteiger partial charge in [-0.2, -0.15) is 0 Å². The van der Waals surface area contributed by atoms with Crippen molar-refractivity contribution in [1.82, 2.24) is 9.13 Å². The van der Waals surface area contributed by atoms with E-state index >= 15 is 0 Å². The van der Waals surface area contributed by atoms with E-state index < -0.39 is 16.6 Å². The van der Waals surface area contributed by atoms with Crippen LogP contribution >= 0.6 is 0 Å². The first kappa shape index (κ1) is 31.6. The second-order valence-electron chi connectivity index (χ2n) is 12.7. The van der Waals surface area contributed by atoms with Crippen molar-refractivity contribution in [2.45, 2.75) is 83.7 Å². The van der Waals surface area contributed by atoms with E-state index in [1.54, 1.807) is 0 Å².